The highest BCUT2D eigenvalue weighted by Gasteiger charge is 2.21. The van der Waals surface area contributed by atoms with Gasteiger partial charge >= 0.3 is 0 Å². The number of carbonyl (C=O) groups is 1. The van der Waals surface area contributed by atoms with Crippen LogP contribution in [-0.4, -0.2) is 53.9 Å². The predicted octanol–water partition coefficient (Wildman–Crippen LogP) is 2.64. The number of aromatic nitrogens is 2. The van der Waals surface area contributed by atoms with E-state index in [1.807, 2.05) is 29.2 Å². The van der Waals surface area contributed by atoms with E-state index in [0.29, 0.717) is 43.9 Å². The van der Waals surface area contributed by atoms with Gasteiger partial charge < -0.3 is 19.0 Å². The molecule has 1 fully saturated rings. The number of amides is 1. The summed E-state index contributed by atoms with van der Waals surface area (Å²) in [5.41, 5.74) is 1.55. The average molecular weight is 422 g/mol. The van der Waals surface area contributed by atoms with Crippen molar-refractivity contribution < 1.29 is 13.9 Å². The minimum Gasteiger partial charge on any atom is -0.497 e. The SMILES string of the molecule is COc1ccc(N2CCN(C(=O)CCCn3nc(-c4ccco4)ccc3=O)CC2)cc1. The second-order valence-corrected chi connectivity index (χ2v) is 7.43. The number of ether oxygens (including phenoxy) is 1. The number of piperazine rings is 1. The Bertz CT molecular complexity index is 1050. The highest BCUT2D eigenvalue weighted by atomic mass is 16.5. The lowest BCUT2D eigenvalue weighted by atomic mass is 10.2. The Morgan fingerprint density at radius 1 is 1.06 bits per heavy atom. The van der Waals surface area contributed by atoms with Crippen LogP contribution in [0.5, 0.6) is 5.75 Å². The van der Waals surface area contributed by atoms with Crippen molar-refractivity contribution in [2.24, 2.45) is 0 Å². The molecule has 31 heavy (non-hydrogen) atoms. The van der Waals surface area contributed by atoms with Gasteiger partial charge in [0, 0.05) is 50.9 Å². The molecule has 0 unspecified atom stereocenters. The lowest BCUT2D eigenvalue weighted by Gasteiger charge is -2.36. The topological polar surface area (TPSA) is 80.8 Å². The normalized spacial score (nSPS) is 14.0. The lowest BCUT2D eigenvalue weighted by Crippen LogP contribution is -2.48. The maximum atomic E-state index is 12.6. The van der Waals surface area contributed by atoms with Gasteiger partial charge in [-0.1, -0.05) is 0 Å². The Morgan fingerprint density at radius 3 is 2.52 bits per heavy atom. The molecule has 0 radical (unpaired) electrons. The standard InChI is InChI=1S/C23H26N4O4/c1-30-19-8-6-18(7-9-19)25-13-15-26(16-14-25)22(28)5-2-12-27-23(29)11-10-20(24-27)21-4-3-17-31-21/h3-4,6-11,17H,2,5,12-16H2,1H3. The van der Waals surface area contributed by atoms with Crippen LogP contribution in [0.3, 0.4) is 0 Å². The zero-order chi connectivity index (χ0) is 21.6. The first-order chi connectivity index (χ1) is 15.1. The van der Waals surface area contributed by atoms with Crippen molar-refractivity contribution in [3.63, 3.8) is 0 Å². The molecule has 8 nitrogen and oxygen atoms in total. The maximum Gasteiger partial charge on any atom is 0.266 e. The third-order valence-electron chi connectivity index (χ3n) is 5.47. The highest BCUT2D eigenvalue weighted by molar-refractivity contribution is 5.76. The number of rotatable bonds is 7. The second kappa shape index (κ2) is 9.51. The molecule has 8 heteroatoms. The molecule has 4 rings (SSSR count). The van der Waals surface area contributed by atoms with E-state index < -0.39 is 0 Å². The quantitative estimate of drug-likeness (QED) is 0.582. The van der Waals surface area contributed by atoms with Gasteiger partial charge in [0.05, 0.1) is 13.4 Å². The Labute approximate surface area is 180 Å². The number of anilines is 1. The first-order valence-corrected chi connectivity index (χ1v) is 10.4. The van der Waals surface area contributed by atoms with E-state index in [-0.39, 0.29) is 11.5 Å². The molecular weight excluding hydrogens is 396 g/mol. The molecule has 1 saturated heterocycles. The van der Waals surface area contributed by atoms with Gasteiger partial charge in [0.1, 0.15) is 11.4 Å². The van der Waals surface area contributed by atoms with Crippen molar-refractivity contribution in [2.75, 3.05) is 38.2 Å². The second-order valence-electron chi connectivity index (χ2n) is 7.43. The van der Waals surface area contributed by atoms with E-state index >= 15 is 0 Å². The molecule has 0 spiro atoms. The summed E-state index contributed by atoms with van der Waals surface area (Å²) in [7, 11) is 1.65. The van der Waals surface area contributed by atoms with Crippen LogP contribution in [0.15, 0.2) is 64.0 Å². The number of carbonyl (C=O) groups excluding carboxylic acids is 1. The number of hydrogen-bond acceptors (Lipinski definition) is 6. The summed E-state index contributed by atoms with van der Waals surface area (Å²) in [6.07, 6.45) is 2.52. The van der Waals surface area contributed by atoms with Gasteiger partial charge in [-0.05, 0) is 48.9 Å². The van der Waals surface area contributed by atoms with Gasteiger partial charge in [0.25, 0.3) is 5.56 Å². The predicted molar refractivity (Wildman–Crippen MR) is 117 cm³/mol. The monoisotopic (exact) mass is 422 g/mol. The van der Waals surface area contributed by atoms with Gasteiger partial charge in [0.2, 0.25) is 5.91 Å². The van der Waals surface area contributed by atoms with E-state index in [2.05, 4.69) is 10.00 Å². The Balaban J connectivity index is 1.26. The van der Waals surface area contributed by atoms with Crippen LogP contribution < -0.4 is 15.2 Å². The number of furan rings is 1. The molecule has 1 aliphatic heterocycles. The van der Waals surface area contributed by atoms with E-state index in [1.165, 1.54) is 10.7 Å². The van der Waals surface area contributed by atoms with Crippen LogP contribution in [0, 0.1) is 0 Å². The zero-order valence-electron chi connectivity index (χ0n) is 17.6. The van der Waals surface area contributed by atoms with Crippen LogP contribution in [-0.2, 0) is 11.3 Å². The molecule has 0 saturated carbocycles. The van der Waals surface area contributed by atoms with E-state index in [0.717, 1.165) is 24.5 Å². The average Bonchev–Trinajstić information content (AvgIpc) is 3.35. The van der Waals surface area contributed by atoms with Crippen LogP contribution in [0.4, 0.5) is 5.69 Å². The Morgan fingerprint density at radius 2 is 1.84 bits per heavy atom. The largest absolute Gasteiger partial charge is 0.497 e. The molecule has 1 aromatic carbocycles. The van der Waals surface area contributed by atoms with Crippen LogP contribution >= 0.6 is 0 Å². The highest BCUT2D eigenvalue weighted by Crippen LogP contribution is 2.21. The number of nitrogens with zero attached hydrogens (tertiary/aromatic N) is 4. The summed E-state index contributed by atoms with van der Waals surface area (Å²) in [6.45, 7) is 3.37. The third kappa shape index (κ3) is 4.96. The summed E-state index contributed by atoms with van der Waals surface area (Å²) >= 11 is 0. The summed E-state index contributed by atoms with van der Waals surface area (Å²) in [4.78, 5) is 28.9. The minimum atomic E-state index is -0.184. The van der Waals surface area contributed by atoms with Crippen molar-refractivity contribution in [2.45, 2.75) is 19.4 Å². The van der Waals surface area contributed by atoms with Crippen molar-refractivity contribution in [3.8, 4) is 17.2 Å². The fraction of sp³-hybridized carbons (Fsp3) is 0.348. The molecule has 0 aliphatic carbocycles. The molecule has 2 aromatic heterocycles. The zero-order valence-corrected chi connectivity index (χ0v) is 17.6. The van der Waals surface area contributed by atoms with Crippen molar-refractivity contribution in [3.05, 3.63) is 65.1 Å². The third-order valence-corrected chi connectivity index (χ3v) is 5.47. The van der Waals surface area contributed by atoms with Crippen molar-refractivity contribution in [1.29, 1.82) is 0 Å². The fourth-order valence-corrected chi connectivity index (χ4v) is 3.71. The first-order valence-electron chi connectivity index (χ1n) is 10.4. The Hall–Kier alpha value is -3.55. The fourth-order valence-electron chi connectivity index (χ4n) is 3.71. The smallest absolute Gasteiger partial charge is 0.266 e. The maximum absolute atomic E-state index is 12.6. The van der Waals surface area contributed by atoms with E-state index in [1.54, 1.807) is 31.6 Å². The minimum absolute atomic E-state index is 0.115. The lowest BCUT2D eigenvalue weighted by molar-refractivity contribution is -0.131. The molecule has 0 bridgehead atoms. The van der Waals surface area contributed by atoms with Gasteiger partial charge in [0.15, 0.2) is 5.76 Å². The molecule has 0 atom stereocenters. The summed E-state index contributed by atoms with van der Waals surface area (Å²) in [6, 6.07) is 14.7. The molecule has 162 valence electrons. The molecule has 1 aliphatic rings. The summed E-state index contributed by atoms with van der Waals surface area (Å²) < 4.78 is 11.9. The molecule has 3 heterocycles. The number of aryl methyl sites for hydroxylation is 1. The van der Waals surface area contributed by atoms with Gasteiger partial charge in [-0.2, -0.15) is 5.10 Å². The number of hydrogen-bond donors (Lipinski definition) is 0. The molecule has 1 amide bonds. The summed E-state index contributed by atoms with van der Waals surface area (Å²) in [5.74, 6) is 1.56. The van der Waals surface area contributed by atoms with Gasteiger partial charge in [-0.15, -0.1) is 0 Å². The van der Waals surface area contributed by atoms with E-state index in [9.17, 15) is 9.59 Å². The molecular formula is C23H26N4O4. The molecule has 0 N–H and O–H groups in total. The van der Waals surface area contributed by atoms with Crippen LogP contribution in [0.2, 0.25) is 0 Å². The summed E-state index contributed by atoms with van der Waals surface area (Å²) in [5, 5.41) is 4.35. The number of methoxy groups -OCH3 is 1. The van der Waals surface area contributed by atoms with Crippen molar-refractivity contribution in [1.82, 2.24) is 14.7 Å². The molecule has 3 aromatic rings. The van der Waals surface area contributed by atoms with Crippen molar-refractivity contribution >= 4 is 11.6 Å². The van der Waals surface area contributed by atoms with Crippen LogP contribution in [0.25, 0.3) is 11.5 Å². The van der Waals surface area contributed by atoms with Gasteiger partial charge in [-0.3, -0.25) is 9.59 Å². The first kappa shape index (κ1) is 20.7. The van der Waals surface area contributed by atoms with Gasteiger partial charge in [-0.25, -0.2) is 4.68 Å². The van der Waals surface area contributed by atoms with Crippen LogP contribution in [0.1, 0.15) is 12.8 Å². The Kier molecular flexibility index (Phi) is 6.35. The van der Waals surface area contributed by atoms with E-state index in [4.69, 9.17) is 9.15 Å². The number of benzene rings is 1.